The molecule has 0 amide bonds. The van der Waals surface area contributed by atoms with Crippen molar-refractivity contribution in [3.05, 3.63) is 69.0 Å². The number of aromatic nitrogens is 1. The molecule has 3 N–H and O–H groups in total. The summed E-state index contributed by atoms with van der Waals surface area (Å²) in [7, 11) is 0. The van der Waals surface area contributed by atoms with Gasteiger partial charge in [0.25, 0.3) is 0 Å². The smallest absolute Gasteiger partial charge is 0.231 e. The minimum atomic E-state index is 0.198. The molecule has 0 bridgehead atoms. The van der Waals surface area contributed by atoms with Crippen LogP contribution in [-0.2, 0) is 19.5 Å². The van der Waals surface area contributed by atoms with Crippen LogP contribution < -0.4 is 24.7 Å². The van der Waals surface area contributed by atoms with E-state index in [9.17, 15) is 4.79 Å². The third-order valence-electron chi connectivity index (χ3n) is 6.80. The van der Waals surface area contributed by atoms with Crippen molar-refractivity contribution in [3.63, 3.8) is 0 Å². The van der Waals surface area contributed by atoms with Crippen LogP contribution in [0.25, 0.3) is 10.9 Å². The average Bonchev–Trinajstić information content (AvgIpc) is 3.25. The molecule has 0 aliphatic carbocycles. The fourth-order valence-electron chi connectivity index (χ4n) is 4.94. The zero-order valence-electron chi connectivity index (χ0n) is 18.3. The van der Waals surface area contributed by atoms with Gasteiger partial charge in [-0.15, -0.1) is 0 Å². The number of pyridine rings is 1. The lowest BCUT2D eigenvalue weighted by Gasteiger charge is -2.30. The van der Waals surface area contributed by atoms with Gasteiger partial charge in [-0.25, -0.2) is 0 Å². The van der Waals surface area contributed by atoms with Gasteiger partial charge in [0.1, 0.15) is 39.3 Å². The lowest BCUT2D eigenvalue weighted by molar-refractivity contribution is -1.02. The Bertz CT molecular complexity index is 1160. The average molecular weight is 422 g/mol. The van der Waals surface area contributed by atoms with E-state index in [1.165, 1.54) is 16.0 Å². The molecule has 1 saturated heterocycles. The second-order valence-electron chi connectivity index (χ2n) is 8.79. The Kier molecular flexibility index (Phi) is 5.42. The summed E-state index contributed by atoms with van der Waals surface area (Å²) in [6.45, 7) is 10.7. The minimum Gasteiger partial charge on any atom is -0.454 e. The molecule has 2 aromatic carbocycles. The molecular formula is C25H31N3O3+2. The number of ether oxygens (including phenoxy) is 2. The van der Waals surface area contributed by atoms with E-state index in [0.717, 1.165) is 79.3 Å². The summed E-state index contributed by atoms with van der Waals surface area (Å²) in [6, 6.07) is 12.3. The van der Waals surface area contributed by atoms with Crippen molar-refractivity contribution < 1.29 is 19.3 Å². The van der Waals surface area contributed by atoms with Crippen LogP contribution in [0.5, 0.6) is 11.5 Å². The summed E-state index contributed by atoms with van der Waals surface area (Å²) in [5.41, 5.74) is 5.65. The van der Waals surface area contributed by atoms with Gasteiger partial charge in [0, 0.05) is 16.6 Å². The predicted molar refractivity (Wildman–Crippen MR) is 120 cm³/mol. The van der Waals surface area contributed by atoms with Crippen LogP contribution in [0.4, 0.5) is 0 Å². The first-order valence-electron chi connectivity index (χ1n) is 11.3. The van der Waals surface area contributed by atoms with Crippen LogP contribution in [0, 0.1) is 6.92 Å². The molecule has 0 spiro atoms. The fourth-order valence-corrected chi connectivity index (χ4v) is 4.94. The van der Waals surface area contributed by atoms with Gasteiger partial charge in [0.05, 0.1) is 11.1 Å². The number of fused-ring (bicyclic) bond motifs is 2. The number of quaternary nitrogens is 2. The monoisotopic (exact) mass is 421 g/mol. The number of rotatable bonds is 5. The Labute approximate surface area is 182 Å². The lowest BCUT2D eigenvalue weighted by atomic mass is 10.0. The summed E-state index contributed by atoms with van der Waals surface area (Å²) >= 11 is 0. The van der Waals surface area contributed by atoms with Crippen LogP contribution in [0.15, 0.2) is 41.2 Å². The molecule has 5 rings (SSSR count). The number of hydrogen-bond acceptors (Lipinski definition) is 3. The highest BCUT2D eigenvalue weighted by Crippen LogP contribution is 2.32. The van der Waals surface area contributed by atoms with Crippen molar-refractivity contribution >= 4 is 10.9 Å². The van der Waals surface area contributed by atoms with E-state index in [4.69, 9.17) is 9.47 Å². The van der Waals surface area contributed by atoms with Crippen molar-refractivity contribution in [2.75, 3.05) is 33.0 Å². The summed E-state index contributed by atoms with van der Waals surface area (Å²) < 4.78 is 10.9. The van der Waals surface area contributed by atoms with E-state index >= 15 is 0 Å². The summed E-state index contributed by atoms with van der Waals surface area (Å²) in [4.78, 5) is 19.8. The Balaban J connectivity index is 1.25. The second-order valence-corrected chi connectivity index (χ2v) is 8.79. The Hall–Kier alpha value is -2.83. The minimum absolute atomic E-state index is 0.198. The molecule has 6 nitrogen and oxygen atoms in total. The van der Waals surface area contributed by atoms with E-state index < -0.39 is 0 Å². The van der Waals surface area contributed by atoms with Crippen LogP contribution in [0.2, 0.25) is 0 Å². The van der Waals surface area contributed by atoms with E-state index in [-0.39, 0.29) is 5.43 Å². The molecular weight excluding hydrogens is 390 g/mol. The molecule has 3 aromatic rings. The SMILES string of the molecule is CCc1cccc2c(=O)c(C[NH+]3CC[NH+](Cc4ccc5c(c4)OCO5)CC3)c(C)[nH]c12. The number of nitrogens with one attached hydrogen (secondary N) is 3. The van der Waals surface area contributed by atoms with Crippen LogP contribution in [0.1, 0.15) is 29.3 Å². The summed E-state index contributed by atoms with van der Waals surface area (Å²) in [5, 5.41) is 0.825. The number of para-hydroxylation sites is 1. The van der Waals surface area contributed by atoms with E-state index in [1.807, 2.05) is 25.1 Å². The Morgan fingerprint density at radius 2 is 1.71 bits per heavy atom. The molecule has 0 saturated carbocycles. The van der Waals surface area contributed by atoms with Crippen LogP contribution in [0.3, 0.4) is 0 Å². The van der Waals surface area contributed by atoms with Gasteiger partial charge in [0.2, 0.25) is 6.79 Å². The van der Waals surface area contributed by atoms with Crippen LogP contribution >= 0.6 is 0 Å². The Morgan fingerprint density at radius 1 is 0.968 bits per heavy atom. The maximum Gasteiger partial charge on any atom is 0.231 e. The molecule has 0 unspecified atom stereocenters. The molecule has 162 valence electrons. The van der Waals surface area contributed by atoms with Crippen molar-refractivity contribution in [3.8, 4) is 11.5 Å². The van der Waals surface area contributed by atoms with E-state index in [2.05, 4.69) is 30.1 Å². The van der Waals surface area contributed by atoms with Crippen molar-refractivity contribution in [2.24, 2.45) is 0 Å². The lowest BCUT2D eigenvalue weighted by Crippen LogP contribution is -3.27. The van der Waals surface area contributed by atoms with Crippen molar-refractivity contribution in [1.29, 1.82) is 0 Å². The maximum atomic E-state index is 13.2. The van der Waals surface area contributed by atoms with E-state index in [0.29, 0.717) is 6.79 Å². The van der Waals surface area contributed by atoms with E-state index in [1.54, 1.807) is 4.90 Å². The van der Waals surface area contributed by atoms with Gasteiger partial charge in [-0.1, -0.05) is 19.1 Å². The third kappa shape index (κ3) is 3.93. The normalized spacial score (nSPS) is 20.3. The molecule has 2 aliphatic rings. The number of aromatic amines is 1. The molecule has 1 fully saturated rings. The van der Waals surface area contributed by atoms with Gasteiger partial charge < -0.3 is 24.3 Å². The predicted octanol–water partition coefficient (Wildman–Crippen LogP) is 0.611. The highest BCUT2D eigenvalue weighted by molar-refractivity contribution is 5.82. The molecule has 1 aromatic heterocycles. The molecule has 2 aliphatic heterocycles. The fraction of sp³-hybridized carbons (Fsp3) is 0.400. The zero-order valence-corrected chi connectivity index (χ0v) is 18.3. The zero-order chi connectivity index (χ0) is 21.4. The number of piperazine rings is 1. The highest BCUT2D eigenvalue weighted by atomic mass is 16.7. The molecule has 0 atom stereocenters. The van der Waals surface area contributed by atoms with Gasteiger partial charge in [-0.2, -0.15) is 0 Å². The van der Waals surface area contributed by atoms with Gasteiger partial charge >= 0.3 is 0 Å². The number of aryl methyl sites for hydroxylation is 2. The summed E-state index contributed by atoms with van der Waals surface area (Å²) in [5.74, 6) is 1.70. The largest absolute Gasteiger partial charge is 0.454 e. The van der Waals surface area contributed by atoms with Crippen molar-refractivity contribution in [1.82, 2.24) is 4.98 Å². The Morgan fingerprint density at radius 3 is 2.48 bits per heavy atom. The van der Waals surface area contributed by atoms with Crippen molar-refractivity contribution in [2.45, 2.75) is 33.4 Å². The molecule has 3 heterocycles. The number of H-pyrrole nitrogens is 1. The second kappa shape index (κ2) is 8.36. The first-order valence-corrected chi connectivity index (χ1v) is 11.3. The molecule has 6 heteroatoms. The quantitative estimate of drug-likeness (QED) is 0.566. The van der Waals surface area contributed by atoms with Gasteiger partial charge in [0.15, 0.2) is 16.9 Å². The first-order chi connectivity index (χ1) is 15.1. The summed E-state index contributed by atoms with van der Waals surface area (Å²) in [6.07, 6.45) is 0.922. The highest BCUT2D eigenvalue weighted by Gasteiger charge is 2.26. The molecule has 0 radical (unpaired) electrons. The topological polar surface area (TPSA) is 60.2 Å². The van der Waals surface area contributed by atoms with Crippen LogP contribution in [-0.4, -0.2) is 38.0 Å². The van der Waals surface area contributed by atoms with Gasteiger partial charge in [-0.3, -0.25) is 4.79 Å². The number of hydrogen-bond donors (Lipinski definition) is 3. The third-order valence-corrected chi connectivity index (χ3v) is 6.80. The maximum absolute atomic E-state index is 13.2. The molecule has 31 heavy (non-hydrogen) atoms. The van der Waals surface area contributed by atoms with Gasteiger partial charge in [-0.05, 0) is 43.2 Å². The first kappa shape index (κ1) is 20.1. The number of benzene rings is 2. The standard InChI is InChI=1S/C25H29N3O3/c1-3-19-5-4-6-20-24(19)26-17(2)21(25(20)29)15-28-11-9-27(10-12-28)14-18-7-8-22-23(13-18)31-16-30-22/h4-8,13H,3,9-12,14-16H2,1-2H3,(H,26,29)/p+2.